The topological polar surface area (TPSA) is 0 Å². The summed E-state index contributed by atoms with van der Waals surface area (Å²) in [6, 6.07) is 0. The van der Waals surface area contributed by atoms with E-state index in [-0.39, 0.29) is 0 Å². The molecular formula is C7H12. The van der Waals surface area contributed by atoms with Gasteiger partial charge in [0, 0.05) is 0 Å². The molecule has 1 fully saturated rings. The second-order valence-corrected chi connectivity index (χ2v) is 2.63. The van der Waals surface area contributed by atoms with Crippen LogP contribution in [-0.2, 0) is 0 Å². The van der Waals surface area contributed by atoms with Crippen molar-refractivity contribution in [1.29, 1.82) is 0 Å². The fourth-order valence-electron chi connectivity index (χ4n) is 0.968. The van der Waals surface area contributed by atoms with Gasteiger partial charge in [-0.3, -0.25) is 0 Å². The van der Waals surface area contributed by atoms with Crippen LogP contribution in [0, 0.1) is 5.92 Å². The molecule has 1 atom stereocenters. The van der Waals surface area contributed by atoms with E-state index < -0.39 is 0 Å². The predicted octanol–water partition coefficient (Wildman–Crippen LogP) is 2.36. The predicted molar refractivity (Wildman–Crippen MR) is 32.2 cm³/mol. The van der Waals surface area contributed by atoms with Crippen molar-refractivity contribution in [3.8, 4) is 0 Å². The van der Waals surface area contributed by atoms with Gasteiger partial charge in [-0.2, -0.15) is 0 Å². The minimum atomic E-state index is 0.921. The Morgan fingerprint density at radius 1 is 1.57 bits per heavy atom. The Morgan fingerprint density at radius 2 is 2.00 bits per heavy atom. The van der Waals surface area contributed by atoms with E-state index in [1.807, 2.05) is 0 Å². The third-order valence-corrected chi connectivity index (χ3v) is 1.60. The Bertz CT molecular complexity index is 105. The third-order valence-electron chi connectivity index (χ3n) is 1.60. The second-order valence-electron chi connectivity index (χ2n) is 2.63. The van der Waals surface area contributed by atoms with Gasteiger partial charge in [-0.15, -0.1) is 0 Å². The summed E-state index contributed by atoms with van der Waals surface area (Å²) in [5.41, 5.74) is 3.22. The minimum Gasteiger partial charge on any atom is -0.0769 e. The van der Waals surface area contributed by atoms with Crippen molar-refractivity contribution < 1.29 is 0 Å². The molecule has 0 amide bonds. The van der Waals surface area contributed by atoms with Crippen LogP contribution in [0.25, 0.3) is 0 Å². The molecule has 1 rings (SSSR count). The zero-order valence-electron chi connectivity index (χ0n) is 5.28. The zero-order valence-corrected chi connectivity index (χ0v) is 5.28. The van der Waals surface area contributed by atoms with E-state index in [1.165, 1.54) is 12.0 Å². The molecule has 0 spiro atoms. The fourth-order valence-corrected chi connectivity index (χ4v) is 0.968. The van der Waals surface area contributed by atoms with Gasteiger partial charge in [-0.05, 0) is 26.2 Å². The van der Waals surface area contributed by atoms with Crippen molar-refractivity contribution in [2.75, 3.05) is 0 Å². The first-order valence-electron chi connectivity index (χ1n) is 2.88. The van der Waals surface area contributed by atoms with E-state index in [1.54, 1.807) is 5.57 Å². The zero-order chi connectivity index (χ0) is 5.44. The Labute approximate surface area is 45.2 Å². The summed E-state index contributed by atoms with van der Waals surface area (Å²) >= 11 is 0. The summed E-state index contributed by atoms with van der Waals surface area (Å²) in [5.74, 6) is 0.921. The van der Waals surface area contributed by atoms with Crippen molar-refractivity contribution >= 4 is 0 Å². The lowest BCUT2D eigenvalue weighted by atomic mass is 10.3. The van der Waals surface area contributed by atoms with Gasteiger partial charge in [0.2, 0.25) is 0 Å². The van der Waals surface area contributed by atoms with Crippen LogP contribution in [0.1, 0.15) is 27.2 Å². The third kappa shape index (κ3) is 0.846. The fraction of sp³-hybridized carbons (Fsp3) is 0.714. The first-order chi connectivity index (χ1) is 3.22. The van der Waals surface area contributed by atoms with Gasteiger partial charge in [0.1, 0.15) is 0 Å². The van der Waals surface area contributed by atoms with Crippen molar-refractivity contribution in [2.45, 2.75) is 27.2 Å². The quantitative estimate of drug-likeness (QED) is 0.406. The lowest BCUT2D eigenvalue weighted by Gasteiger charge is -1.79. The largest absolute Gasteiger partial charge is 0.0769 e. The molecule has 0 aromatic rings. The molecule has 0 radical (unpaired) electrons. The van der Waals surface area contributed by atoms with Crippen molar-refractivity contribution in [1.82, 2.24) is 0 Å². The van der Waals surface area contributed by atoms with E-state index in [2.05, 4.69) is 20.8 Å². The lowest BCUT2D eigenvalue weighted by molar-refractivity contribution is 1.01. The molecule has 1 unspecified atom stereocenters. The van der Waals surface area contributed by atoms with Crippen molar-refractivity contribution in [2.24, 2.45) is 5.92 Å². The van der Waals surface area contributed by atoms with Crippen LogP contribution in [0.4, 0.5) is 0 Å². The van der Waals surface area contributed by atoms with Crippen LogP contribution in [0.15, 0.2) is 11.1 Å². The Hall–Kier alpha value is -0.260. The summed E-state index contributed by atoms with van der Waals surface area (Å²) in [4.78, 5) is 0. The molecule has 0 aromatic heterocycles. The molecule has 0 aromatic carbocycles. The molecule has 0 saturated heterocycles. The average Bonchev–Trinajstić information content (AvgIpc) is 2.17. The maximum atomic E-state index is 2.28. The summed E-state index contributed by atoms with van der Waals surface area (Å²) in [6.07, 6.45) is 1.36. The number of hydrogen-bond donors (Lipinski definition) is 0. The lowest BCUT2D eigenvalue weighted by Crippen LogP contribution is -1.61. The molecule has 40 valence electrons. The molecule has 0 heterocycles. The minimum absolute atomic E-state index is 0.921. The molecule has 1 aliphatic carbocycles. The summed E-state index contributed by atoms with van der Waals surface area (Å²) in [5, 5.41) is 0. The van der Waals surface area contributed by atoms with Crippen LogP contribution in [0.2, 0.25) is 0 Å². The van der Waals surface area contributed by atoms with E-state index in [9.17, 15) is 0 Å². The molecular weight excluding hydrogens is 84.1 g/mol. The van der Waals surface area contributed by atoms with Crippen LogP contribution in [0.3, 0.4) is 0 Å². The summed E-state index contributed by atoms with van der Waals surface area (Å²) in [6.45, 7) is 6.67. The van der Waals surface area contributed by atoms with E-state index in [4.69, 9.17) is 0 Å². The highest BCUT2D eigenvalue weighted by Crippen LogP contribution is 2.38. The van der Waals surface area contributed by atoms with E-state index in [0.717, 1.165) is 5.92 Å². The first-order valence-corrected chi connectivity index (χ1v) is 2.88. The summed E-state index contributed by atoms with van der Waals surface area (Å²) < 4.78 is 0. The molecule has 1 saturated carbocycles. The van der Waals surface area contributed by atoms with Gasteiger partial charge in [0.25, 0.3) is 0 Å². The van der Waals surface area contributed by atoms with Crippen molar-refractivity contribution in [3.63, 3.8) is 0 Å². The molecule has 0 heteroatoms. The second kappa shape index (κ2) is 1.36. The van der Waals surface area contributed by atoms with Crippen LogP contribution in [-0.4, -0.2) is 0 Å². The maximum absolute atomic E-state index is 2.28. The Kier molecular flexibility index (Phi) is 0.949. The highest BCUT2D eigenvalue weighted by Gasteiger charge is 2.24. The highest BCUT2D eigenvalue weighted by atomic mass is 14.3. The van der Waals surface area contributed by atoms with Crippen molar-refractivity contribution in [3.05, 3.63) is 11.1 Å². The standard InChI is InChI=1S/C7H12/c1-5(2)7-4-6(7)3/h6H,4H2,1-3H3. The SMILES string of the molecule is CC(C)=C1CC1C. The number of rotatable bonds is 0. The Morgan fingerprint density at radius 3 is 2.00 bits per heavy atom. The molecule has 1 aliphatic rings. The first kappa shape index (κ1) is 4.89. The van der Waals surface area contributed by atoms with E-state index in [0.29, 0.717) is 0 Å². The van der Waals surface area contributed by atoms with E-state index >= 15 is 0 Å². The maximum Gasteiger partial charge on any atom is -0.0192 e. The molecule has 0 N–H and O–H groups in total. The van der Waals surface area contributed by atoms with Gasteiger partial charge < -0.3 is 0 Å². The van der Waals surface area contributed by atoms with Crippen LogP contribution in [0.5, 0.6) is 0 Å². The monoisotopic (exact) mass is 96.1 g/mol. The molecule has 0 aliphatic heterocycles. The molecule has 0 nitrogen and oxygen atoms in total. The van der Waals surface area contributed by atoms with Gasteiger partial charge in [0.15, 0.2) is 0 Å². The van der Waals surface area contributed by atoms with Gasteiger partial charge >= 0.3 is 0 Å². The van der Waals surface area contributed by atoms with Gasteiger partial charge in [-0.25, -0.2) is 0 Å². The van der Waals surface area contributed by atoms with Crippen LogP contribution < -0.4 is 0 Å². The average molecular weight is 96.2 g/mol. The number of allylic oxidation sites excluding steroid dienone is 2. The van der Waals surface area contributed by atoms with Gasteiger partial charge in [0.05, 0.1) is 0 Å². The Balaban J connectivity index is 2.60. The van der Waals surface area contributed by atoms with Crippen LogP contribution >= 0.6 is 0 Å². The molecule has 7 heavy (non-hydrogen) atoms. The smallest absolute Gasteiger partial charge is 0.0192 e. The highest BCUT2D eigenvalue weighted by molar-refractivity contribution is 5.26. The van der Waals surface area contributed by atoms with Gasteiger partial charge in [-0.1, -0.05) is 18.1 Å². The normalized spacial score (nSPS) is 27.9. The molecule has 0 bridgehead atoms. The number of hydrogen-bond acceptors (Lipinski definition) is 0. The summed E-state index contributed by atoms with van der Waals surface area (Å²) in [7, 11) is 0.